The second-order valence-corrected chi connectivity index (χ2v) is 5.00. The average Bonchev–Trinajstić information content (AvgIpc) is 2.82. The molecule has 2 rings (SSSR count). The number of aliphatic carboxylic acids is 1. The van der Waals surface area contributed by atoms with Gasteiger partial charge >= 0.3 is 5.97 Å². The predicted molar refractivity (Wildman–Crippen MR) is 50.8 cm³/mol. The predicted octanol–water partition coefficient (Wildman–Crippen LogP) is 1.86. The Bertz CT molecular complexity index is 270. The third-order valence-electron chi connectivity index (χ3n) is 3.66. The highest BCUT2D eigenvalue weighted by atomic mass is 16.4. The number of hydrogen-bond acceptors (Lipinski definition) is 2. The molecule has 2 saturated carbocycles. The average molecular weight is 196 g/mol. The molecule has 1 unspecified atom stereocenters. The summed E-state index contributed by atoms with van der Waals surface area (Å²) in [7, 11) is 0. The molecule has 14 heavy (non-hydrogen) atoms. The molecule has 0 heterocycles. The number of ketones is 1. The zero-order valence-corrected chi connectivity index (χ0v) is 8.45. The first kappa shape index (κ1) is 9.69. The molecule has 0 amide bonds. The smallest absolute Gasteiger partial charge is 0.310 e. The first-order valence-corrected chi connectivity index (χ1v) is 5.29. The number of carboxylic acids is 1. The van der Waals surface area contributed by atoms with Crippen LogP contribution in [0.4, 0.5) is 0 Å². The van der Waals surface area contributed by atoms with E-state index in [-0.39, 0.29) is 18.6 Å². The molecule has 2 fully saturated rings. The Labute approximate surface area is 83.5 Å². The number of carboxylic acid groups (broad SMARTS) is 1. The molecule has 0 spiro atoms. The van der Waals surface area contributed by atoms with E-state index in [9.17, 15) is 9.59 Å². The number of hydrogen-bond donors (Lipinski definition) is 1. The van der Waals surface area contributed by atoms with Gasteiger partial charge in [-0.1, -0.05) is 6.92 Å². The van der Waals surface area contributed by atoms with Crippen LogP contribution < -0.4 is 0 Å². The lowest BCUT2D eigenvalue weighted by atomic mass is 9.63. The summed E-state index contributed by atoms with van der Waals surface area (Å²) in [5.41, 5.74) is -0.695. The highest BCUT2D eigenvalue weighted by Crippen LogP contribution is 2.49. The maximum Gasteiger partial charge on any atom is 0.310 e. The van der Waals surface area contributed by atoms with Crippen molar-refractivity contribution in [3.63, 3.8) is 0 Å². The van der Waals surface area contributed by atoms with Crippen LogP contribution in [0, 0.1) is 17.3 Å². The minimum Gasteiger partial charge on any atom is -0.481 e. The molecule has 1 N–H and O–H groups in total. The number of rotatable bonds is 4. The van der Waals surface area contributed by atoms with Crippen molar-refractivity contribution in [1.29, 1.82) is 0 Å². The van der Waals surface area contributed by atoms with Gasteiger partial charge in [-0.2, -0.15) is 0 Å². The Balaban J connectivity index is 1.97. The van der Waals surface area contributed by atoms with Crippen molar-refractivity contribution >= 4 is 11.8 Å². The molecule has 3 heteroatoms. The largest absolute Gasteiger partial charge is 0.481 e. The van der Waals surface area contributed by atoms with Crippen LogP contribution in [0.25, 0.3) is 0 Å². The summed E-state index contributed by atoms with van der Waals surface area (Å²) in [6.45, 7) is 2.12. The molecule has 0 bridgehead atoms. The van der Waals surface area contributed by atoms with Crippen LogP contribution in [0.2, 0.25) is 0 Å². The first-order chi connectivity index (χ1) is 6.53. The molecular formula is C11H16O3. The zero-order valence-electron chi connectivity index (χ0n) is 8.45. The molecule has 0 aromatic rings. The van der Waals surface area contributed by atoms with Crippen LogP contribution in [-0.2, 0) is 9.59 Å². The fourth-order valence-corrected chi connectivity index (χ4v) is 2.53. The van der Waals surface area contributed by atoms with Crippen molar-refractivity contribution < 1.29 is 14.7 Å². The van der Waals surface area contributed by atoms with Crippen LogP contribution in [0.1, 0.15) is 39.0 Å². The van der Waals surface area contributed by atoms with Gasteiger partial charge in [-0.05, 0) is 31.1 Å². The van der Waals surface area contributed by atoms with E-state index in [0.29, 0.717) is 12.3 Å². The first-order valence-electron chi connectivity index (χ1n) is 5.29. The van der Waals surface area contributed by atoms with Gasteiger partial charge < -0.3 is 5.11 Å². The van der Waals surface area contributed by atoms with Gasteiger partial charge in [0.1, 0.15) is 5.78 Å². The second kappa shape index (κ2) is 3.07. The highest BCUT2D eigenvalue weighted by molar-refractivity contribution is 5.96. The topological polar surface area (TPSA) is 54.4 Å². The Morgan fingerprint density at radius 2 is 2.14 bits per heavy atom. The van der Waals surface area contributed by atoms with Gasteiger partial charge in [0, 0.05) is 12.8 Å². The Morgan fingerprint density at radius 1 is 1.57 bits per heavy atom. The molecule has 0 aliphatic heterocycles. The minimum absolute atomic E-state index is 0.107. The van der Waals surface area contributed by atoms with E-state index < -0.39 is 11.4 Å². The van der Waals surface area contributed by atoms with Crippen molar-refractivity contribution in [2.45, 2.75) is 39.0 Å². The molecule has 0 aromatic heterocycles. The molecular weight excluding hydrogens is 180 g/mol. The molecule has 0 saturated heterocycles. The summed E-state index contributed by atoms with van der Waals surface area (Å²) in [6, 6.07) is 0. The van der Waals surface area contributed by atoms with E-state index in [2.05, 4.69) is 6.92 Å². The Hall–Kier alpha value is -0.860. The van der Waals surface area contributed by atoms with Crippen LogP contribution in [0.15, 0.2) is 0 Å². The third-order valence-corrected chi connectivity index (χ3v) is 3.66. The summed E-state index contributed by atoms with van der Waals surface area (Å²) in [6.07, 6.45) is 3.70. The minimum atomic E-state index is -0.774. The number of carbonyl (C=O) groups excluding carboxylic acids is 1. The molecule has 3 nitrogen and oxygen atoms in total. The zero-order chi connectivity index (χ0) is 10.3. The normalized spacial score (nSPS) is 26.8. The van der Waals surface area contributed by atoms with Crippen molar-refractivity contribution in [2.75, 3.05) is 0 Å². The van der Waals surface area contributed by atoms with E-state index in [1.807, 2.05) is 0 Å². The van der Waals surface area contributed by atoms with Crippen LogP contribution >= 0.6 is 0 Å². The van der Waals surface area contributed by atoms with Crippen molar-refractivity contribution in [1.82, 2.24) is 0 Å². The monoisotopic (exact) mass is 196 g/mol. The van der Waals surface area contributed by atoms with Crippen LogP contribution in [0.5, 0.6) is 0 Å². The lowest BCUT2D eigenvalue weighted by molar-refractivity contribution is -0.162. The SMILES string of the molecule is CC(CC1(C(=O)O)CC(=O)C1)C1CC1. The maximum atomic E-state index is 11.1. The molecule has 2 aliphatic rings. The van der Waals surface area contributed by atoms with E-state index >= 15 is 0 Å². The van der Waals surface area contributed by atoms with E-state index in [1.54, 1.807) is 0 Å². The van der Waals surface area contributed by atoms with Gasteiger partial charge in [0.2, 0.25) is 0 Å². The fraction of sp³-hybridized carbons (Fsp3) is 0.818. The molecule has 0 radical (unpaired) electrons. The van der Waals surface area contributed by atoms with Gasteiger partial charge in [0.05, 0.1) is 5.41 Å². The standard InChI is InChI=1S/C11H16O3/c1-7(8-2-3-8)4-11(10(13)14)5-9(12)6-11/h7-8H,2-6H2,1H3,(H,13,14). The van der Waals surface area contributed by atoms with E-state index in [0.717, 1.165) is 5.92 Å². The number of Topliss-reactive ketones (excluding diaryl/α,β-unsaturated/α-hetero) is 1. The van der Waals surface area contributed by atoms with E-state index in [1.165, 1.54) is 12.8 Å². The van der Waals surface area contributed by atoms with Gasteiger partial charge in [0.25, 0.3) is 0 Å². The van der Waals surface area contributed by atoms with Crippen molar-refractivity contribution in [3.05, 3.63) is 0 Å². The van der Waals surface area contributed by atoms with Gasteiger partial charge in [-0.25, -0.2) is 0 Å². The lowest BCUT2D eigenvalue weighted by Gasteiger charge is -2.38. The summed E-state index contributed by atoms with van der Waals surface area (Å²) in [5.74, 6) is 0.529. The quantitative estimate of drug-likeness (QED) is 0.746. The van der Waals surface area contributed by atoms with Gasteiger partial charge in [0.15, 0.2) is 0 Å². The highest BCUT2D eigenvalue weighted by Gasteiger charge is 2.51. The Kier molecular flexibility index (Phi) is 2.13. The molecule has 0 aromatic carbocycles. The van der Waals surface area contributed by atoms with E-state index in [4.69, 9.17) is 5.11 Å². The van der Waals surface area contributed by atoms with Crippen molar-refractivity contribution in [2.24, 2.45) is 17.3 Å². The summed E-state index contributed by atoms with van der Waals surface area (Å²) in [4.78, 5) is 22.0. The van der Waals surface area contributed by atoms with Crippen LogP contribution in [-0.4, -0.2) is 16.9 Å². The Morgan fingerprint density at radius 3 is 2.50 bits per heavy atom. The summed E-state index contributed by atoms with van der Waals surface area (Å²) >= 11 is 0. The lowest BCUT2D eigenvalue weighted by Crippen LogP contribution is -2.45. The third kappa shape index (κ3) is 1.56. The second-order valence-electron chi connectivity index (χ2n) is 5.00. The van der Waals surface area contributed by atoms with Crippen LogP contribution in [0.3, 0.4) is 0 Å². The maximum absolute atomic E-state index is 11.1. The number of carbonyl (C=O) groups is 2. The van der Waals surface area contributed by atoms with Crippen molar-refractivity contribution in [3.8, 4) is 0 Å². The molecule has 1 atom stereocenters. The molecule has 78 valence electrons. The summed E-state index contributed by atoms with van der Waals surface area (Å²) in [5, 5.41) is 9.10. The summed E-state index contributed by atoms with van der Waals surface area (Å²) < 4.78 is 0. The van der Waals surface area contributed by atoms with Gasteiger partial charge in [-0.15, -0.1) is 0 Å². The van der Waals surface area contributed by atoms with Gasteiger partial charge in [-0.3, -0.25) is 9.59 Å². The fourth-order valence-electron chi connectivity index (χ4n) is 2.53. The molecule has 2 aliphatic carbocycles.